The minimum Gasteiger partial charge on any atom is -0.379 e. The van der Waals surface area contributed by atoms with E-state index in [2.05, 4.69) is 43.4 Å². The second-order valence-electron chi connectivity index (χ2n) is 6.28. The number of nitrogens with one attached hydrogen (secondary N) is 1. The highest BCUT2D eigenvalue weighted by Gasteiger charge is 2.16. The summed E-state index contributed by atoms with van der Waals surface area (Å²) in [4.78, 5) is 0. The molecule has 1 N–H and O–H groups in total. The summed E-state index contributed by atoms with van der Waals surface area (Å²) in [6.45, 7) is 5.48. The van der Waals surface area contributed by atoms with Crippen LogP contribution in [0.25, 0.3) is 0 Å². The first-order chi connectivity index (χ1) is 9.09. The molecule has 0 saturated carbocycles. The van der Waals surface area contributed by atoms with Crippen molar-refractivity contribution < 1.29 is 4.74 Å². The van der Waals surface area contributed by atoms with Crippen molar-refractivity contribution in [3.63, 3.8) is 0 Å². The van der Waals surface area contributed by atoms with Crippen LogP contribution < -0.4 is 5.32 Å². The van der Waals surface area contributed by atoms with E-state index in [0.29, 0.717) is 6.04 Å². The molecule has 1 aromatic rings. The Morgan fingerprint density at radius 2 is 1.89 bits per heavy atom. The van der Waals surface area contributed by atoms with Crippen LogP contribution in [0.1, 0.15) is 44.2 Å². The fourth-order valence-corrected chi connectivity index (χ4v) is 2.60. The SMILES string of the molecule is COC(C)(C)CCc1ccc(CC2CCCN2)cc1. The molecule has 1 aliphatic heterocycles. The van der Waals surface area contributed by atoms with Gasteiger partial charge in [0.05, 0.1) is 5.60 Å². The molecule has 0 spiro atoms. The molecule has 2 nitrogen and oxygen atoms in total. The third-order valence-corrected chi connectivity index (χ3v) is 4.24. The zero-order valence-corrected chi connectivity index (χ0v) is 12.5. The average molecular weight is 261 g/mol. The fraction of sp³-hybridized carbons (Fsp3) is 0.647. The maximum absolute atomic E-state index is 5.46. The van der Waals surface area contributed by atoms with Gasteiger partial charge in [-0.15, -0.1) is 0 Å². The van der Waals surface area contributed by atoms with E-state index in [1.54, 1.807) is 7.11 Å². The normalized spacial score (nSPS) is 19.8. The Bertz CT molecular complexity index is 377. The van der Waals surface area contributed by atoms with Crippen LogP contribution in [0.5, 0.6) is 0 Å². The first-order valence-electron chi connectivity index (χ1n) is 7.45. The second kappa shape index (κ2) is 6.53. The summed E-state index contributed by atoms with van der Waals surface area (Å²) >= 11 is 0. The standard InChI is InChI=1S/C17H27NO/c1-17(2,19-3)11-10-14-6-8-15(9-7-14)13-16-5-4-12-18-16/h6-9,16,18H,4-5,10-13H2,1-3H3. The molecule has 2 rings (SSSR count). The van der Waals surface area contributed by atoms with Crippen molar-refractivity contribution in [2.45, 2.75) is 57.6 Å². The Morgan fingerprint density at radius 3 is 2.47 bits per heavy atom. The monoisotopic (exact) mass is 261 g/mol. The number of ether oxygens (including phenoxy) is 1. The van der Waals surface area contributed by atoms with E-state index in [0.717, 1.165) is 12.8 Å². The Labute approximate surface area is 117 Å². The first kappa shape index (κ1) is 14.5. The lowest BCUT2D eigenvalue weighted by atomic mass is 9.97. The van der Waals surface area contributed by atoms with E-state index in [1.165, 1.54) is 36.9 Å². The molecule has 19 heavy (non-hydrogen) atoms. The van der Waals surface area contributed by atoms with Crippen molar-refractivity contribution in [1.29, 1.82) is 0 Å². The average Bonchev–Trinajstić information content (AvgIpc) is 2.91. The van der Waals surface area contributed by atoms with Crippen molar-refractivity contribution in [3.05, 3.63) is 35.4 Å². The zero-order chi connectivity index (χ0) is 13.7. The predicted octanol–water partition coefficient (Wildman–Crippen LogP) is 3.34. The molecule has 1 heterocycles. The number of aryl methyl sites for hydroxylation is 1. The first-order valence-corrected chi connectivity index (χ1v) is 7.45. The molecular weight excluding hydrogens is 234 g/mol. The van der Waals surface area contributed by atoms with Gasteiger partial charge in [-0.3, -0.25) is 0 Å². The van der Waals surface area contributed by atoms with Crippen LogP contribution in [0.15, 0.2) is 24.3 Å². The molecule has 2 heteroatoms. The summed E-state index contributed by atoms with van der Waals surface area (Å²) in [5.74, 6) is 0. The van der Waals surface area contributed by atoms with E-state index in [1.807, 2.05) is 0 Å². The molecule has 0 radical (unpaired) electrons. The molecule has 1 fully saturated rings. The molecule has 0 bridgehead atoms. The van der Waals surface area contributed by atoms with Gasteiger partial charge in [-0.25, -0.2) is 0 Å². The van der Waals surface area contributed by atoms with E-state index in [9.17, 15) is 0 Å². The molecule has 1 saturated heterocycles. The lowest BCUT2D eigenvalue weighted by Gasteiger charge is -2.22. The fourth-order valence-electron chi connectivity index (χ4n) is 2.60. The van der Waals surface area contributed by atoms with E-state index >= 15 is 0 Å². The highest BCUT2D eigenvalue weighted by Crippen LogP contribution is 2.18. The molecule has 1 aromatic carbocycles. The van der Waals surface area contributed by atoms with Crippen LogP contribution in [-0.4, -0.2) is 25.3 Å². The highest BCUT2D eigenvalue weighted by molar-refractivity contribution is 5.23. The number of methoxy groups -OCH3 is 1. The summed E-state index contributed by atoms with van der Waals surface area (Å²) < 4.78 is 5.46. The lowest BCUT2D eigenvalue weighted by molar-refractivity contribution is 0.0158. The molecule has 106 valence electrons. The summed E-state index contributed by atoms with van der Waals surface area (Å²) in [5.41, 5.74) is 2.84. The van der Waals surface area contributed by atoms with Gasteiger partial charge in [0.1, 0.15) is 0 Å². The van der Waals surface area contributed by atoms with Crippen LogP contribution in [0.3, 0.4) is 0 Å². The summed E-state index contributed by atoms with van der Waals surface area (Å²) in [6.07, 6.45) is 5.97. The minimum atomic E-state index is -0.0214. The molecule has 0 amide bonds. The van der Waals surface area contributed by atoms with Crippen LogP contribution in [-0.2, 0) is 17.6 Å². The van der Waals surface area contributed by atoms with Crippen molar-refractivity contribution in [3.8, 4) is 0 Å². The van der Waals surface area contributed by atoms with Crippen molar-refractivity contribution in [2.75, 3.05) is 13.7 Å². The van der Waals surface area contributed by atoms with Gasteiger partial charge in [-0.05, 0) is 63.6 Å². The van der Waals surface area contributed by atoms with Gasteiger partial charge >= 0.3 is 0 Å². The van der Waals surface area contributed by atoms with E-state index < -0.39 is 0 Å². The minimum absolute atomic E-state index is 0.0214. The number of hydrogen-bond acceptors (Lipinski definition) is 2. The van der Waals surface area contributed by atoms with Crippen LogP contribution in [0.4, 0.5) is 0 Å². The smallest absolute Gasteiger partial charge is 0.0625 e. The number of hydrogen-bond donors (Lipinski definition) is 1. The van der Waals surface area contributed by atoms with Gasteiger partial charge in [0.2, 0.25) is 0 Å². The summed E-state index contributed by atoms with van der Waals surface area (Å²) in [7, 11) is 1.79. The highest BCUT2D eigenvalue weighted by atomic mass is 16.5. The molecule has 1 aliphatic rings. The third kappa shape index (κ3) is 4.63. The topological polar surface area (TPSA) is 21.3 Å². The Kier molecular flexibility index (Phi) is 5.00. The zero-order valence-electron chi connectivity index (χ0n) is 12.5. The van der Waals surface area contributed by atoms with Gasteiger partial charge in [0.15, 0.2) is 0 Å². The van der Waals surface area contributed by atoms with Crippen molar-refractivity contribution in [1.82, 2.24) is 5.32 Å². The molecule has 1 atom stereocenters. The maximum atomic E-state index is 5.46. The molecule has 0 aromatic heterocycles. The van der Waals surface area contributed by atoms with Crippen molar-refractivity contribution in [2.24, 2.45) is 0 Å². The number of benzene rings is 1. The Hall–Kier alpha value is -0.860. The second-order valence-corrected chi connectivity index (χ2v) is 6.28. The lowest BCUT2D eigenvalue weighted by Crippen LogP contribution is -2.23. The Balaban J connectivity index is 1.84. The maximum Gasteiger partial charge on any atom is 0.0625 e. The summed E-state index contributed by atoms with van der Waals surface area (Å²) in [5, 5.41) is 3.56. The van der Waals surface area contributed by atoms with Crippen LogP contribution in [0, 0.1) is 0 Å². The predicted molar refractivity (Wildman–Crippen MR) is 80.6 cm³/mol. The van der Waals surface area contributed by atoms with Gasteiger partial charge in [-0.2, -0.15) is 0 Å². The van der Waals surface area contributed by atoms with E-state index in [-0.39, 0.29) is 5.60 Å². The molecular formula is C17H27NO. The van der Waals surface area contributed by atoms with Gasteiger partial charge in [-0.1, -0.05) is 24.3 Å². The quantitative estimate of drug-likeness (QED) is 0.848. The third-order valence-electron chi connectivity index (χ3n) is 4.24. The van der Waals surface area contributed by atoms with Crippen LogP contribution >= 0.6 is 0 Å². The van der Waals surface area contributed by atoms with Gasteiger partial charge in [0, 0.05) is 13.2 Å². The molecule has 0 aliphatic carbocycles. The number of rotatable bonds is 6. The Morgan fingerprint density at radius 1 is 1.21 bits per heavy atom. The molecule has 1 unspecified atom stereocenters. The largest absolute Gasteiger partial charge is 0.379 e. The van der Waals surface area contributed by atoms with Crippen molar-refractivity contribution >= 4 is 0 Å². The van der Waals surface area contributed by atoms with Gasteiger partial charge in [0.25, 0.3) is 0 Å². The summed E-state index contributed by atoms with van der Waals surface area (Å²) in [6, 6.07) is 9.81. The van der Waals surface area contributed by atoms with E-state index in [4.69, 9.17) is 4.74 Å². The van der Waals surface area contributed by atoms with Crippen LogP contribution in [0.2, 0.25) is 0 Å². The van der Waals surface area contributed by atoms with Gasteiger partial charge < -0.3 is 10.1 Å².